The van der Waals surface area contributed by atoms with E-state index >= 15 is 0 Å². The molecule has 29 heavy (non-hydrogen) atoms. The maximum Gasteiger partial charge on any atom is 0.251 e. The van der Waals surface area contributed by atoms with Crippen LogP contribution in [0.1, 0.15) is 20.8 Å². The van der Waals surface area contributed by atoms with Gasteiger partial charge in [0.25, 0.3) is 5.91 Å². The van der Waals surface area contributed by atoms with E-state index in [-0.39, 0.29) is 17.6 Å². The van der Waals surface area contributed by atoms with Gasteiger partial charge < -0.3 is 10.2 Å². The Balaban J connectivity index is 1.61. The Bertz CT molecular complexity index is 1080. The molecule has 0 saturated carbocycles. The molecule has 4 rings (SSSR count). The molecule has 1 aromatic heterocycles. The van der Waals surface area contributed by atoms with Gasteiger partial charge in [-0.2, -0.15) is 0 Å². The van der Waals surface area contributed by atoms with Gasteiger partial charge in [-0.1, -0.05) is 29.8 Å². The molecule has 0 unspecified atom stereocenters. The van der Waals surface area contributed by atoms with Crippen molar-refractivity contribution < 1.29 is 13.8 Å². The van der Waals surface area contributed by atoms with Gasteiger partial charge in [0.2, 0.25) is 5.91 Å². The van der Waals surface area contributed by atoms with Gasteiger partial charge in [-0.3, -0.25) is 13.8 Å². The van der Waals surface area contributed by atoms with E-state index in [1.165, 1.54) is 0 Å². The minimum absolute atomic E-state index is 0.0650. The third-order valence-corrected chi connectivity index (χ3v) is 7.04. The molecule has 1 aliphatic heterocycles. The normalized spacial score (nSPS) is 15.8. The molecular weight excluding hydrogens is 428 g/mol. The van der Waals surface area contributed by atoms with E-state index in [0.29, 0.717) is 34.3 Å². The van der Waals surface area contributed by atoms with Gasteiger partial charge in [0.05, 0.1) is 34.5 Å². The molecule has 0 spiro atoms. The molecule has 0 fully saturated rings. The highest BCUT2D eigenvalue weighted by molar-refractivity contribution is 7.86. The van der Waals surface area contributed by atoms with Crippen LogP contribution in [0.5, 0.6) is 0 Å². The number of rotatable bonds is 5. The fourth-order valence-electron chi connectivity index (χ4n) is 3.09. The zero-order valence-electron chi connectivity index (χ0n) is 15.3. The summed E-state index contributed by atoms with van der Waals surface area (Å²) in [6, 6.07) is 16.1. The summed E-state index contributed by atoms with van der Waals surface area (Å²) < 4.78 is 12.4. The lowest BCUT2D eigenvalue weighted by Gasteiger charge is -2.29. The second-order valence-electron chi connectivity index (χ2n) is 6.54. The molecular formula is C21H17ClN2O3S2. The Morgan fingerprint density at radius 2 is 1.97 bits per heavy atom. The van der Waals surface area contributed by atoms with Crippen LogP contribution in [0.15, 0.2) is 64.9 Å². The Morgan fingerprint density at radius 3 is 2.69 bits per heavy atom. The van der Waals surface area contributed by atoms with Crippen LogP contribution >= 0.6 is 22.9 Å². The third kappa shape index (κ3) is 4.42. The summed E-state index contributed by atoms with van der Waals surface area (Å²) in [7, 11) is -1.42. The summed E-state index contributed by atoms with van der Waals surface area (Å²) in [5, 5.41) is 5.45. The Labute approximate surface area is 179 Å². The molecule has 148 valence electrons. The van der Waals surface area contributed by atoms with Gasteiger partial charge in [0.1, 0.15) is 5.75 Å². The average Bonchev–Trinajstić information content (AvgIpc) is 3.24. The van der Waals surface area contributed by atoms with E-state index in [0.717, 1.165) is 10.4 Å². The largest absolute Gasteiger partial charge is 0.347 e. The lowest BCUT2D eigenvalue weighted by molar-refractivity contribution is -0.116. The summed E-state index contributed by atoms with van der Waals surface area (Å²) in [6.07, 6.45) is 0. The topological polar surface area (TPSA) is 66.5 Å². The molecule has 0 radical (unpaired) electrons. The lowest BCUT2D eigenvalue weighted by atomic mass is 10.1. The molecule has 1 N–H and O–H groups in total. The van der Waals surface area contributed by atoms with Crippen molar-refractivity contribution >= 4 is 51.2 Å². The number of anilines is 1. The van der Waals surface area contributed by atoms with Crippen molar-refractivity contribution in [1.82, 2.24) is 5.32 Å². The zero-order chi connectivity index (χ0) is 20.4. The van der Waals surface area contributed by atoms with E-state index < -0.39 is 10.8 Å². The number of hydrogen-bond acceptors (Lipinski definition) is 4. The molecule has 0 aliphatic carbocycles. The SMILES string of the molecule is O=C(NCc1cccs1)c1ccc2c(c1)N(Cc1ccc(Cl)cc1)C(=O)C[S@]2=O. The van der Waals surface area contributed by atoms with Gasteiger partial charge in [-0.15, -0.1) is 11.3 Å². The van der Waals surface area contributed by atoms with Crippen LogP contribution in [-0.2, 0) is 28.7 Å². The highest BCUT2D eigenvalue weighted by Gasteiger charge is 2.30. The van der Waals surface area contributed by atoms with Gasteiger partial charge in [-0.25, -0.2) is 0 Å². The predicted molar refractivity (Wildman–Crippen MR) is 116 cm³/mol. The van der Waals surface area contributed by atoms with Crippen molar-refractivity contribution in [2.24, 2.45) is 0 Å². The van der Waals surface area contributed by atoms with Gasteiger partial charge in [-0.05, 0) is 47.3 Å². The second-order valence-corrected chi connectivity index (χ2v) is 9.43. The number of nitrogens with zero attached hydrogens (tertiary/aromatic N) is 1. The van der Waals surface area contributed by atoms with Gasteiger partial charge in [0.15, 0.2) is 0 Å². The Morgan fingerprint density at radius 1 is 1.17 bits per heavy atom. The molecule has 2 amide bonds. The number of benzene rings is 2. The van der Waals surface area contributed by atoms with Gasteiger partial charge in [0, 0.05) is 15.5 Å². The molecule has 8 heteroatoms. The van der Waals surface area contributed by atoms with Crippen LogP contribution in [0.25, 0.3) is 0 Å². The lowest BCUT2D eigenvalue weighted by Crippen LogP contribution is -2.38. The van der Waals surface area contributed by atoms with Crippen molar-refractivity contribution in [3.05, 3.63) is 81.0 Å². The highest BCUT2D eigenvalue weighted by atomic mass is 35.5. The number of hydrogen-bond donors (Lipinski definition) is 1. The van der Waals surface area contributed by atoms with Crippen LogP contribution in [0, 0.1) is 0 Å². The Kier molecular flexibility index (Phi) is 5.80. The number of carbonyl (C=O) groups is 2. The molecule has 0 bridgehead atoms. The van der Waals surface area contributed by atoms with E-state index in [1.807, 2.05) is 29.6 Å². The fraction of sp³-hybridized carbons (Fsp3) is 0.143. The van der Waals surface area contributed by atoms with Crippen molar-refractivity contribution in [1.29, 1.82) is 0 Å². The standard InChI is InChI=1S/C21H17ClN2O3S2/c22-16-6-3-14(4-7-16)12-24-18-10-15(5-8-19(18)29(27)13-20(24)25)21(26)23-11-17-2-1-9-28-17/h1-10H,11-13H2,(H,23,26)/t29-/m1/s1. The van der Waals surface area contributed by atoms with Crippen molar-refractivity contribution in [2.75, 3.05) is 10.7 Å². The summed E-state index contributed by atoms with van der Waals surface area (Å²) in [6.45, 7) is 0.757. The first-order valence-electron chi connectivity index (χ1n) is 8.89. The minimum Gasteiger partial charge on any atom is -0.347 e. The second kappa shape index (κ2) is 8.49. The van der Waals surface area contributed by atoms with Gasteiger partial charge >= 0.3 is 0 Å². The van der Waals surface area contributed by atoms with Crippen molar-refractivity contribution in [3.8, 4) is 0 Å². The summed E-state index contributed by atoms with van der Waals surface area (Å²) in [4.78, 5) is 28.4. The Hall–Kier alpha value is -2.48. The van der Waals surface area contributed by atoms with Crippen LogP contribution in [0.4, 0.5) is 5.69 Å². The quantitative estimate of drug-likeness (QED) is 0.647. The number of thiophene rings is 1. The van der Waals surface area contributed by atoms with E-state index in [9.17, 15) is 13.8 Å². The van der Waals surface area contributed by atoms with E-state index in [2.05, 4.69) is 5.32 Å². The zero-order valence-corrected chi connectivity index (χ0v) is 17.7. The molecule has 1 atom stereocenters. The smallest absolute Gasteiger partial charge is 0.251 e. The first kappa shape index (κ1) is 19.8. The van der Waals surface area contributed by atoms with E-state index in [4.69, 9.17) is 11.6 Å². The van der Waals surface area contributed by atoms with Crippen molar-refractivity contribution in [3.63, 3.8) is 0 Å². The summed E-state index contributed by atoms with van der Waals surface area (Å²) in [5.41, 5.74) is 1.83. The number of halogens is 1. The molecule has 2 heterocycles. The fourth-order valence-corrected chi connectivity index (χ4v) is 5.02. The molecule has 2 aromatic carbocycles. The maximum absolute atomic E-state index is 12.6. The summed E-state index contributed by atoms with van der Waals surface area (Å²) >= 11 is 7.51. The van der Waals surface area contributed by atoms with Crippen LogP contribution in [0.3, 0.4) is 0 Å². The molecule has 3 aromatic rings. The molecule has 5 nitrogen and oxygen atoms in total. The van der Waals surface area contributed by atoms with Crippen molar-refractivity contribution in [2.45, 2.75) is 18.0 Å². The van der Waals surface area contributed by atoms with Crippen LogP contribution in [-0.4, -0.2) is 21.8 Å². The van der Waals surface area contributed by atoms with E-state index in [1.54, 1.807) is 46.6 Å². The number of fused-ring (bicyclic) bond motifs is 1. The number of nitrogens with one attached hydrogen (secondary N) is 1. The predicted octanol–water partition coefficient (Wildman–Crippen LogP) is 3.99. The maximum atomic E-state index is 12.6. The minimum atomic E-state index is -1.42. The van der Waals surface area contributed by atoms with Crippen LogP contribution < -0.4 is 10.2 Å². The third-order valence-electron chi connectivity index (χ3n) is 4.57. The molecule has 1 aliphatic rings. The number of carbonyl (C=O) groups excluding carboxylic acids is 2. The highest BCUT2D eigenvalue weighted by Crippen LogP contribution is 2.31. The van der Waals surface area contributed by atoms with Crippen LogP contribution in [0.2, 0.25) is 5.02 Å². The summed E-state index contributed by atoms with van der Waals surface area (Å²) in [5.74, 6) is -0.539. The average molecular weight is 445 g/mol. The monoisotopic (exact) mass is 444 g/mol. The number of amides is 2. The first-order chi connectivity index (χ1) is 14.0. The first-order valence-corrected chi connectivity index (χ1v) is 11.5. The molecule has 0 saturated heterocycles.